The Hall–Kier alpha value is -2.74. The van der Waals surface area contributed by atoms with Crippen molar-refractivity contribution in [1.29, 1.82) is 0 Å². The molecular weight excluding hydrogens is 350 g/mol. The summed E-state index contributed by atoms with van der Waals surface area (Å²) in [6.07, 6.45) is 1.24. The van der Waals surface area contributed by atoms with E-state index < -0.39 is 17.9 Å². The molecule has 0 radical (unpaired) electrons. The van der Waals surface area contributed by atoms with Crippen LogP contribution in [0.3, 0.4) is 0 Å². The molecule has 0 aromatic heterocycles. The van der Waals surface area contributed by atoms with Gasteiger partial charge >= 0.3 is 0 Å². The summed E-state index contributed by atoms with van der Waals surface area (Å²) in [4.78, 5) is 52.1. The van der Waals surface area contributed by atoms with Crippen molar-refractivity contribution in [3.8, 4) is 0 Å². The number of benzene rings is 1. The van der Waals surface area contributed by atoms with Crippen molar-refractivity contribution < 1.29 is 23.9 Å². The summed E-state index contributed by atoms with van der Waals surface area (Å²) >= 11 is 0. The lowest BCUT2D eigenvalue weighted by molar-refractivity contribution is -0.136. The van der Waals surface area contributed by atoms with Crippen molar-refractivity contribution in [1.82, 2.24) is 15.1 Å². The fraction of sp³-hybridized carbons (Fsp3) is 0.474. The predicted molar refractivity (Wildman–Crippen MR) is 96.0 cm³/mol. The van der Waals surface area contributed by atoms with Crippen LogP contribution in [0, 0.1) is 0 Å². The first-order valence-corrected chi connectivity index (χ1v) is 8.98. The largest absolute Gasteiger partial charge is 0.375 e. The molecule has 1 aromatic rings. The fourth-order valence-corrected chi connectivity index (χ4v) is 3.49. The molecule has 1 fully saturated rings. The Balaban J connectivity index is 1.57. The van der Waals surface area contributed by atoms with Crippen LogP contribution >= 0.6 is 0 Å². The lowest BCUT2D eigenvalue weighted by Gasteiger charge is -2.33. The van der Waals surface area contributed by atoms with E-state index in [4.69, 9.17) is 4.74 Å². The zero-order valence-corrected chi connectivity index (χ0v) is 15.4. The van der Waals surface area contributed by atoms with Crippen molar-refractivity contribution in [2.45, 2.75) is 31.8 Å². The van der Waals surface area contributed by atoms with E-state index in [-0.39, 0.29) is 24.5 Å². The van der Waals surface area contributed by atoms with Gasteiger partial charge in [-0.25, -0.2) is 0 Å². The summed E-state index contributed by atoms with van der Waals surface area (Å²) in [6.45, 7) is 2.67. The van der Waals surface area contributed by atoms with Gasteiger partial charge in [0.2, 0.25) is 11.8 Å². The van der Waals surface area contributed by atoms with Crippen LogP contribution < -0.4 is 5.32 Å². The second-order valence-electron chi connectivity index (χ2n) is 6.80. The van der Waals surface area contributed by atoms with Gasteiger partial charge in [-0.3, -0.25) is 24.1 Å². The van der Waals surface area contributed by atoms with Crippen LogP contribution in [0.2, 0.25) is 0 Å². The minimum absolute atomic E-state index is 0.0494. The molecule has 0 saturated carbocycles. The van der Waals surface area contributed by atoms with Crippen LogP contribution in [0.25, 0.3) is 0 Å². The molecule has 4 amide bonds. The van der Waals surface area contributed by atoms with Gasteiger partial charge in [-0.1, -0.05) is 12.1 Å². The Kier molecular flexibility index (Phi) is 5.55. The minimum Gasteiger partial charge on any atom is -0.375 e. The number of carbonyl (C=O) groups is 4. The molecule has 1 N–H and O–H groups in total. The zero-order chi connectivity index (χ0) is 19.6. The van der Waals surface area contributed by atoms with Gasteiger partial charge in [0.15, 0.2) is 0 Å². The second kappa shape index (κ2) is 7.87. The number of amides is 4. The number of carbonyl (C=O) groups excluding carboxylic acids is 4. The molecule has 3 rings (SSSR count). The summed E-state index contributed by atoms with van der Waals surface area (Å²) in [6, 6.07) is 5.57. The SMILES string of the molecule is COCC(=O)N1CCC(NC(=O)C(C)N2C(=O)c3ccccc3C2=O)CC1. The molecule has 0 bridgehead atoms. The molecule has 2 aliphatic heterocycles. The lowest BCUT2D eigenvalue weighted by Crippen LogP contribution is -2.53. The molecule has 1 unspecified atom stereocenters. The van der Waals surface area contributed by atoms with Gasteiger partial charge in [-0.2, -0.15) is 0 Å². The van der Waals surface area contributed by atoms with Gasteiger partial charge in [-0.05, 0) is 31.9 Å². The third kappa shape index (κ3) is 3.71. The summed E-state index contributed by atoms with van der Waals surface area (Å²) < 4.78 is 4.85. The number of methoxy groups -OCH3 is 1. The molecule has 0 spiro atoms. The van der Waals surface area contributed by atoms with Crippen LogP contribution in [0.1, 0.15) is 40.5 Å². The highest BCUT2D eigenvalue weighted by molar-refractivity contribution is 6.22. The predicted octanol–water partition coefficient (Wildman–Crippen LogP) is 0.425. The summed E-state index contributed by atoms with van der Waals surface area (Å²) in [7, 11) is 1.48. The Labute approximate surface area is 157 Å². The average Bonchev–Trinajstić information content (AvgIpc) is 2.93. The molecule has 0 aliphatic carbocycles. The third-order valence-electron chi connectivity index (χ3n) is 5.05. The summed E-state index contributed by atoms with van der Waals surface area (Å²) in [5.41, 5.74) is 0.652. The highest BCUT2D eigenvalue weighted by atomic mass is 16.5. The number of ether oxygens (including phenoxy) is 1. The van der Waals surface area contributed by atoms with Gasteiger partial charge in [-0.15, -0.1) is 0 Å². The van der Waals surface area contributed by atoms with E-state index in [9.17, 15) is 19.2 Å². The molecule has 1 saturated heterocycles. The number of nitrogens with one attached hydrogen (secondary N) is 1. The van der Waals surface area contributed by atoms with Crippen molar-refractivity contribution in [2.24, 2.45) is 0 Å². The van der Waals surface area contributed by atoms with Crippen molar-refractivity contribution >= 4 is 23.6 Å². The fourth-order valence-electron chi connectivity index (χ4n) is 3.49. The zero-order valence-electron chi connectivity index (χ0n) is 15.4. The second-order valence-corrected chi connectivity index (χ2v) is 6.80. The third-order valence-corrected chi connectivity index (χ3v) is 5.05. The molecule has 1 aromatic carbocycles. The number of piperidine rings is 1. The van der Waals surface area contributed by atoms with Crippen LogP contribution in [-0.2, 0) is 14.3 Å². The van der Waals surface area contributed by atoms with Gasteiger partial charge in [0, 0.05) is 26.2 Å². The highest BCUT2D eigenvalue weighted by Crippen LogP contribution is 2.24. The first-order valence-electron chi connectivity index (χ1n) is 8.98. The van der Waals surface area contributed by atoms with Gasteiger partial charge in [0.05, 0.1) is 11.1 Å². The van der Waals surface area contributed by atoms with Crippen molar-refractivity contribution in [3.63, 3.8) is 0 Å². The van der Waals surface area contributed by atoms with Crippen molar-refractivity contribution in [2.75, 3.05) is 26.8 Å². The quantitative estimate of drug-likeness (QED) is 0.755. The van der Waals surface area contributed by atoms with Crippen LogP contribution in [-0.4, -0.2) is 72.3 Å². The van der Waals surface area contributed by atoms with Gasteiger partial charge in [0.1, 0.15) is 12.6 Å². The topological polar surface area (TPSA) is 96.0 Å². The van der Waals surface area contributed by atoms with Gasteiger partial charge < -0.3 is 15.0 Å². The van der Waals surface area contributed by atoms with E-state index >= 15 is 0 Å². The molecule has 8 nitrogen and oxygen atoms in total. The number of hydrogen-bond donors (Lipinski definition) is 1. The molecular formula is C19H23N3O5. The first-order chi connectivity index (χ1) is 12.9. The molecule has 27 heavy (non-hydrogen) atoms. The Morgan fingerprint density at radius 3 is 2.22 bits per heavy atom. The van der Waals surface area contributed by atoms with Crippen LogP contribution in [0.15, 0.2) is 24.3 Å². The molecule has 2 heterocycles. The number of likely N-dealkylation sites (tertiary alicyclic amines) is 1. The van der Waals surface area contributed by atoms with E-state index in [1.165, 1.54) is 7.11 Å². The maximum Gasteiger partial charge on any atom is 0.262 e. The van der Waals surface area contributed by atoms with E-state index in [0.717, 1.165) is 4.90 Å². The Morgan fingerprint density at radius 2 is 1.70 bits per heavy atom. The minimum atomic E-state index is -0.898. The Bertz CT molecular complexity index is 735. The molecule has 8 heteroatoms. The number of nitrogens with zero attached hydrogens (tertiary/aromatic N) is 2. The highest BCUT2D eigenvalue weighted by Gasteiger charge is 2.41. The maximum atomic E-state index is 12.6. The van der Waals surface area contributed by atoms with Crippen molar-refractivity contribution in [3.05, 3.63) is 35.4 Å². The number of rotatable bonds is 5. The van der Waals surface area contributed by atoms with E-state index in [1.807, 2.05) is 0 Å². The number of hydrogen-bond acceptors (Lipinski definition) is 5. The maximum absolute atomic E-state index is 12.6. The normalized spacial score (nSPS) is 18.4. The van der Waals surface area contributed by atoms with Crippen LogP contribution in [0.5, 0.6) is 0 Å². The lowest BCUT2D eigenvalue weighted by atomic mass is 10.0. The van der Waals surface area contributed by atoms with E-state index in [1.54, 1.807) is 36.1 Å². The van der Waals surface area contributed by atoms with Gasteiger partial charge in [0.25, 0.3) is 11.8 Å². The molecule has 2 aliphatic rings. The number of imide groups is 1. The van der Waals surface area contributed by atoms with E-state index in [0.29, 0.717) is 37.1 Å². The number of fused-ring (bicyclic) bond motifs is 1. The van der Waals surface area contributed by atoms with E-state index in [2.05, 4.69) is 5.32 Å². The summed E-state index contributed by atoms with van der Waals surface area (Å²) in [5.74, 6) is -1.33. The first kappa shape index (κ1) is 19.0. The Morgan fingerprint density at radius 1 is 1.15 bits per heavy atom. The average molecular weight is 373 g/mol. The summed E-state index contributed by atoms with van der Waals surface area (Å²) in [5, 5.41) is 2.90. The monoisotopic (exact) mass is 373 g/mol. The molecule has 144 valence electrons. The van der Waals surface area contributed by atoms with Crippen LogP contribution in [0.4, 0.5) is 0 Å². The standard InChI is InChI=1S/C19H23N3O5/c1-12(22-18(25)14-5-3-4-6-15(14)19(22)26)17(24)20-13-7-9-21(10-8-13)16(23)11-27-2/h3-6,12-13H,7-11H2,1-2H3,(H,20,24). The smallest absolute Gasteiger partial charge is 0.262 e. The molecule has 1 atom stereocenters.